The maximum Gasteiger partial charge on any atom is 0.419 e. The van der Waals surface area contributed by atoms with E-state index in [1.807, 2.05) is 6.07 Å². The molecule has 1 unspecified atom stereocenters. The van der Waals surface area contributed by atoms with Crippen molar-refractivity contribution in [3.05, 3.63) is 69.0 Å². The largest absolute Gasteiger partial charge is 0.419 e. The Kier molecular flexibility index (Phi) is 6.78. The van der Waals surface area contributed by atoms with Crippen LogP contribution in [0.4, 0.5) is 30.8 Å². The second-order valence-electron chi connectivity index (χ2n) is 8.35. The number of nitrogens with zero attached hydrogens (tertiary/aromatic N) is 5. The monoisotopic (exact) mass is 510 g/mol. The van der Waals surface area contributed by atoms with Crippen LogP contribution in [0.3, 0.4) is 0 Å². The Morgan fingerprint density at radius 2 is 1.91 bits per heavy atom. The van der Waals surface area contributed by atoms with E-state index in [1.165, 1.54) is 12.3 Å². The first-order chi connectivity index (χ1) is 16.0. The molecule has 3 aromatic rings. The summed E-state index contributed by atoms with van der Waals surface area (Å²) >= 11 is 12.3. The molecule has 1 aliphatic heterocycles. The van der Waals surface area contributed by atoms with E-state index in [4.69, 9.17) is 28.9 Å². The topological polar surface area (TPSA) is 71.2 Å². The normalized spacial score (nSPS) is 16.2. The number of hydrogen-bond acceptors (Lipinski definition) is 6. The van der Waals surface area contributed by atoms with Crippen molar-refractivity contribution in [1.82, 2.24) is 15.0 Å². The van der Waals surface area contributed by atoms with Crippen molar-refractivity contribution >= 4 is 40.8 Å². The Hall–Kier alpha value is -2.78. The van der Waals surface area contributed by atoms with Gasteiger partial charge in [-0.3, -0.25) is 0 Å². The van der Waals surface area contributed by atoms with Crippen molar-refractivity contribution in [2.75, 3.05) is 36.2 Å². The summed E-state index contributed by atoms with van der Waals surface area (Å²) in [6, 6.07) is 7.19. The fourth-order valence-electron chi connectivity index (χ4n) is 4.17. The average Bonchev–Trinajstić information content (AvgIpc) is 2.95. The zero-order valence-electron chi connectivity index (χ0n) is 18.6. The lowest BCUT2D eigenvalue weighted by Gasteiger charge is -2.33. The lowest BCUT2D eigenvalue weighted by molar-refractivity contribution is -0.137. The zero-order valence-corrected chi connectivity index (χ0v) is 20.1. The van der Waals surface area contributed by atoms with E-state index in [9.17, 15) is 13.2 Å². The van der Waals surface area contributed by atoms with Crippen molar-refractivity contribution < 1.29 is 13.2 Å². The summed E-state index contributed by atoms with van der Waals surface area (Å²) < 4.78 is 41.6. The summed E-state index contributed by atoms with van der Waals surface area (Å²) in [6.07, 6.45) is -2.02. The third-order valence-corrected chi connectivity index (χ3v) is 6.54. The van der Waals surface area contributed by atoms with Crippen LogP contribution in [0.1, 0.15) is 22.4 Å². The highest BCUT2D eigenvalue weighted by atomic mass is 35.5. The highest BCUT2D eigenvalue weighted by molar-refractivity contribution is 6.42. The van der Waals surface area contributed by atoms with E-state index in [1.54, 1.807) is 36.0 Å². The Morgan fingerprint density at radius 1 is 1.15 bits per heavy atom. The SMILES string of the molecule is CN(C)c1nc(N)c2c(n1)CC(Cc1ccc(Cl)c(Cl)c1)N(c1ncccc1C(F)(F)F)CC2. The smallest absolute Gasteiger partial charge is 0.383 e. The molecule has 6 nitrogen and oxygen atoms in total. The molecule has 2 N–H and O–H groups in total. The molecule has 0 bridgehead atoms. The van der Waals surface area contributed by atoms with Gasteiger partial charge in [0.15, 0.2) is 0 Å². The van der Waals surface area contributed by atoms with Gasteiger partial charge in [-0.25, -0.2) is 9.97 Å². The molecule has 180 valence electrons. The summed E-state index contributed by atoms with van der Waals surface area (Å²) in [5.41, 5.74) is 7.76. The molecule has 0 saturated carbocycles. The van der Waals surface area contributed by atoms with Gasteiger partial charge in [-0.1, -0.05) is 29.3 Å². The van der Waals surface area contributed by atoms with Gasteiger partial charge in [-0.2, -0.15) is 18.2 Å². The van der Waals surface area contributed by atoms with Gasteiger partial charge in [0.2, 0.25) is 5.95 Å². The molecule has 1 atom stereocenters. The Balaban J connectivity index is 1.81. The third-order valence-electron chi connectivity index (χ3n) is 5.80. The van der Waals surface area contributed by atoms with Gasteiger partial charge in [0.05, 0.1) is 21.3 Å². The number of benzene rings is 1. The molecule has 11 heteroatoms. The standard InChI is InChI=1S/C23H23Cl2F3N6/c1-33(2)22-31-19-12-14(10-13-5-6-17(24)18(25)11-13)34(9-7-15(19)20(29)32-22)21-16(23(26,27)28)4-3-8-30-21/h3-6,8,11,14H,7,9-10,12H2,1-2H3,(H2,29,31,32). The number of hydrogen-bond donors (Lipinski definition) is 1. The fraction of sp³-hybridized carbons (Fsp3) is 0.348. The van der Waals surface area contributed by atoms with Gasteiger partial charge >= 0.3 is 6.18 Å². The lowest BCUT2D eigenvalue weighted by atomic mass is 9.99. The van der Waals surface area contributed by atoms with Crippen LogP contribution in [0.25, 0.3) is 0 Å². The zero-order chi connectivity index (χ0) is 24.6. The van der Waals surface area contributed by atoms with Gasteiger partial charge in [0.25, 0.3) is 0 Å². The maximum absolute atomic E-state index is 13.9. The van der Waals surface area contributed by atoms with E-state index in [0.717, 1.165) is 17.2 Å². The molecule has 0 saturated heterocycles. The number of aromatic nitrogens is 3. The van der Waals surface area contributed by atoms with Gasteiger partial charge in [-0.15, -0.1) is 0 Å². The summed E-state index contributed by atoms with van der Waals surface area (Å²) in [5.74, 6) is 0.667. The van der Waals surface area contributed by atoms with Crippen LogP contribution >= 0.6 is 23.2 Å². The van der Waals surface area contributed by atoms with Crippen molar-refractivity contribution in [3.8, 4) is 0 Å². The first-order valence-corrected chi connectivity index (χ1v) is 11.4. The van der Waals surface area contributed by atoms with Crippen LogP contribution in [0, 0.1) is 0 Å². The Morgan fingerprint density at radius 3 is 2.59 bits per heavy atom. The first kappa shape index (κ1) is 24.3. The number of rotatable bonds is 4. The summed E-state index contributed by atoms with van der Waals surface area (Å²) in [7, 11) is 3.61. The minimum atomic E-state index is -4.55. The van der Waals surface area contributed by atoms with Crippen LogP contribution in [0.5, 0.6) is 0 Å². The highest BCUT2D eigenvalue weighted by Gasteiger charge is 2.38. The first-order valence-electron chi connectivity index (χ1n) is 10.6. The van der Waals surface area contributed by atoms with Crippen molar-refractivity contribution in [1.29, 1.82) is 0 Å². The van der Waals surface area contributed by atoms with Gasteiger partial charge in [-0.05, 0) is 42.7 Å². The number of fused-ring (bicyclic) bond motifs is 1. The predicted molar refractivity (Wildman–Crippen MR) is 129 cm³/mol. The second kappa shape index (κ2) is 9.46. The molecule has 0 aliphatic carbocycles. The van der Waals surface area contributed by atoms with E-state index >= 15 is 0 Å². The van der Waals surface area contributed by atoms with Crippen LogP contribution in [-0.4, -0.2) is 41.6 Å². The molecule has 4 rings (SSSR count). The van der Waals surface area contributed by atoms with Gasteiger partial charge < -0.3 is 15.5 Å². The minimum absolute atomic E-state index is 0.118. The maximum atomic E-state index is 13.9. The molecule has 2 aromatic heterocycles. The van der Waals surface area contributed by atoms with E-state index in [-0.39, 0.29) is 18.4 Å². The second-order valence-corrected chi connectivity index (χ2v) is 9.17. The molecule has 0 amide bonds. The lowest BCUT2D eigenvalue weighted by Crippen LogP contribution is -2.40. The number of halogens is 5. The van der Waals surface area contributed by atoms with Crippen molar-refractivity contribution in [3.63, 3.8) is 0 Å². The van der Waals surface area contributed by atoms with Gasteiger partial charge in [0, 0.05) is 44.9 Å². The Labute approximate surface area is 205 Å². The number of nitrogens with two attached hydrogens (primary N) is 1. The van der Waals surface area contributed by atoms with Crippen molar-refractivity contribution in [2.24, 2.45) is 0 Å². The molecule has 34 heavy (non-hydrogen) atoms. The fourth-order valence-corrected chi connectivity index (χ4v) is 4.49. The molecule has 1 aromatic carbocycles. The number of anilines is 3. The van der Waals surface area contributed by atoms with Crippen LogP contribution < -0.4 is 15.5 Å². The molecule has 0 radical (unpaired) electrons. The third kappa shape index (κ3) is 5.00. The highest BCUT2D eigenvalue weighted by Crippen LogP contribution is 2.38. The van der Waals surface area contributed by atoms with E-state index in [0.29, 0.717) is 46.8 Å². The minimum Gasteiger partial charge on any atom is -0.383 e. The molecule has 0 spiro atoms. The van der Waals surface area contributed by atoms with Crippen LogP contribution in [0.2, 0.25) is 10.0 Å². The Bertz CT molecular complexity index is 1200. The summed E-state index contributed by atoms with van der Waals surface area (Å²) in [6.45, 7) is 0.272. The number of nitrogen functional groups attached to an aromatic ring is 1. The van der Waals surface area contributed by atoms with E-state index in [2.05, 4.69) is 15.0 Å². The molecule has 1 aliphatic rings. The number of alkyl halides is 3. The molecular formula is C23H23Cl2F3N6. The predicted octanol–water partition coefficient (Wildman–Crippen LogP) is 5.06. The molecule has 3 heterocycles. The van der Waals surface area contributed by atoms with Gasteiger partial charge in [0.1, 0.15) is 11.6 Å². The summed E-state index contributed by atoms with van der Waals surface area (Å²) in [4.78, 5) is 16.6. The van der Waals surface area contributed by atoms with E-state index < -0.39 is 11.7 Å². The molecular weight excluding hydrogens is 488 g/mol. The average molecular weight is 511 g/mol. The summed E-state index contributed by atoms with van der Waals surface area (Å²) in [5, 5.41) is 0.795. The number of pyridine rings is 1. The molecule has 0 fully saturated rings. The van der Waals surface area contributed by atoms with Crippen LogP contribution in [0.15, 0.2) is 36.5 Å². The van der Waals surface area contributed by atoms with Crippen molar-refractivity contribution in [2.45, 2.75) is 31.5 Å². The quantitative estimate of drug-likeness (QED) is 0.528. The van der Waals surface area contributed by atoms with Crippen LogP contribution in [-0.2, 0) is 25.4 Å².